The lowest BCUT2D eigenvalue weighted by atomic mass is 10.3. The number of nitrogens with zero attached hydrogens (tertiary/aromatic N) is 1. The van der Waals surface area contributed by atoms with Crippen LogP contribution in [0.25, 0.3) is 0 Å². The summed E-state index contributed by atoms with van der Waals surface area (Å²) in [4.78, 5) is 10.4. The highest BCUT2D eigenvalue weighted by Gasteiger charge is 2.14. The van der Waals surface area contributed by atoms with Gasteiger partial charge >= 0.3 is 5.97 Å². The van der Waals surface area contributed by atoms with Gasteiger partial charge in [0.1, 0.15) is 10.9 Å². The molecule has 1 N–H and O–H groups in total. The maximum Gasteiger partial charge on any atom is 0.347 e. The number of carboxylic acids is 1. The Morgan fingerprint density at radius 3 is 2.73 bits per heavy atom. The summed E-state index contributed by atoms with van der Waals surface area (Å²) in [5.41, 5.74) is 0.217. The van der Waals surface area contributed by atoms with Crippen LogP contribution in [0.2, 0.25) is 5.02 Å². The van der Waals surface area contributed by atoms with E-state index in [4.69, 9.17) is 22.0 Å². The molecule has 5 heteroatoms. The van der Waals surface area contributed by atoms with E-state index in [0.29, 0.717) is 0 Å². The molecule has 0 saturated carbocycles. The second kappa shape index (κ2) is 2.91. The summed E-state index contributed by atoms with van der Waals surface area (Å²) >= 11 is 6.48. The zero-order chi connectivity index (χ0) is 8.43. The second-order valence-corrected chi connectivity index (χ2v) is 2.97. The third-order valence-corrected chi connectivity index (χ3v) is 2.52. The van der Waals surface area contributed by atoms with E-state index in [-0.39, 0.29) is 15.5 Å². The van der Waals surface area contributed by atoms with E-state index in [9.17, 15) is 4.79 Å². The van der Waals surface area contributed by atoms with Gasteiger partial charge in [-0.1, -0.05) is 11.6 Å². The largest absolute Gasteiger partial charge is 0.477 e. The van der Waals surface area contributed by atoms with Gasteiger partial charge < -0.3 is 5.11 Å². The first-order valence-electron chi connectivity index (χ1n) is 2.57. The molecule has 0 amide bonds. The highest BCUT2D eigenvalue weighted by atomic mass is 35.5. The highest BCUT2D eigenvalue weighted by Crippen LogP contribution is 2.26. The first-order valence-corrected chi connectivity index (χ1v) is 3.83. The molecule has 56 valence electrons. The Bertz CT molecular complexity index is 339. The van der Waals surface area contributed by atoms with Crippen LogP contribution in [0.5, 0.6) is 0 Å². The summed E-state index contributed by atoms with van der Waals surface area (Å²) in [6.07, 6.45) is 0. The van der Waals surface area contributed by atoms with Gasteiger partial charge in [-0.2, -0.15) is 5.26 Å². The van der Waals surface area contributed by atoms with Crippen molar-refractivity contribution in [2.75, 3.05) is 0 Å². The first-order chi connectivity index (χ1) is 5.16. The van der Waals surface area contributed by atoms with Gasteiger partial charge in [0.25, 0.3) is 0 Å². The molecule has 0 aliphatic heterocycles. The van der Waals surface area contributed by atoms with Crippen LogP contribution < -0.4 is 0 Å². The Kier molecular flexibility index (Phi) is 2.13. The lowest BCUT2D eigenvalue weighted by Crippen LogP contribution is -1.92. The Morgan fingerprint density at radius 2 is 2.45 bits per heavy atom. The molecule has 0 aliphatic carbocycles. The minimum Gasteiger partial charge on any atom is -0.477 e. The molecule has 1 aromatic heterocycles. The van der Waals surface area contributed by atoms with Crippen molar-refractivity contribution in [2.24, 2.45) is 0 Å². The van der Waals surface area contributed by atoms with Gasteiger partial charge in [0.05, 0.1) is 10.6 Å². The summed E-state index contributed by atoms with van der Waals surface area (Å²) < 4.78 is 0. The van der Waals surface area contributed by atoms with Crippen LogP contribution in [-0.2, 0) is 0 Å². The smallest absolute Gasteiger partial charge is 0.347 e. The van der Waals surface area contributed by atoms with Crippen molar-refractivity contribution in [1.29, 1.82) is 5.26 Å². The van der Waals surface area contributed by atoms with Gasteiger partial charge in [-0.3, -0.25) is 0 Å². The van der Waals surface area contributed by atoms with Gasteiger partial charge in [-0.05, 0) is 0 Å². The van der Waals surface area contributed by atoms with E-state index in [2.05, 4.69) is 0 Å². The molecule has 1 aromatic rings. The Morgan fingerprint density at radius 1 is 1.82 bits per heavy atom. The molecule has 0 unspecified atom stereocenters. The number of carbonyl (C=O) groups is 1. The lowest BCUT2D eigenvalue weighted by molar-refractivity contribution is 0.0702. The van der Waals surface area contributed by atoms with Crippen LogP contribution in [0, 0.1) is 11.3 Å². The highest BCUT2D eigenvalue weighted by molar-refractivity contribution is 7.12. The number of aromatic carboxylic acids is 1. The second-order valence-electron chi connectivity index (χ2n) is 1.71. The fraction of sp³-hybridized carbons (Fsp3) is 0. The van der Waals surface area contributed by atoms with Crippen molar-refractivity contribution in [3.63, 3.8) is 0 Å². The topological polar surface area (TPSA) is 61.1 Å². The normalized spacial score (nSPS) is 9.09. The molecule has 0 fully saturated rings. The van der Waals surface area contributed by atoms with Crippen LogP contribution in [0.1, 0.15) is 15.2 Å². The summed E-state index contributed by atoms with van der Waals surface area (Å²) in [7, 11) is 0. The van der Waals surface area contributed by atoms with Crippen molar-refractivity contribution in [2.45, 2.75) is 0 Å². The van der Waals surface area contributed by atoms with Crippen LogP contribution in [0.4, 0.5) is 0 Å². The SMILES string of the molecule is N#Cc1csc(C(=O)O)c1Cl. The van der Waals surface area contributed by atoms with Gasteiger partial charge in [0.2, 0.25) is 0 Å². The van der Waals surface area contributed by atoms with E-state index in [1.165, 1.54) is 5.38 Å². The standard InChI is InChI=1S/C6H2ClNO2S/c7-4-3(1-8)2-11-5(4)6(9)10/h2H,(H,9,10). The van der Waals surface area contributed by atoms with E-state index >= 15 is 0 Å². The third-order valence-electron chi connectivity index (χ3n) is 1.05. The van der Waals surface area contributed by atoms with Gasteiger partial charge in [0, 0.05) is 5.38 Å². The quantitative estimate of drug-likeness (QED) is 0.731. The predicted molar refractivity (Wildman–Crippen MR) is 41.0 cm³/mol. The van der Waals surface area contributed by atoms with Crippen molar-refractivity contribution in [3.8, 4) is 6.07 Å². The van der Waals surface area contributed by atoms with Crippen molar-refractivity contribution >= 4 is 28.9 Å². The molecular weight excluding hydrogens is 186 g/mol. The average Bonchev–Trinajstić information content (AvgIpc) is 2.30. The zero-order valence-electron chi connectivity index (χ0n) is 5.17. The van der Waals surface area contributed by atoms with Crippen LogP contribution in [-0.4, -0.2) is 11.1 Å². The molecule has 1 heterocycles. The molecule has 0 radical (unpaired) electrons. The molecule has 0 spiro atoms. The van der Waals surface area contributed by atoms with Crippen molar-refractivity contribution in [3.05, 3.63) is 20.8 Å². The minimum atomic E-state index is -1.10. The number of rotatable bonds is 1. The monoisotopic (exact) mass is 187 g/mol. The van der Waals surface area contributed by atoms with E-state index < -0.39 is 5.97 Å². The number of hydrogen-bond donors (Lipinski definition) is 1. The molecule has 0 bridgehead atoms. The van der Waals surface area contributed by atoms with Gasteiger partial charge in [0.15, 0.2) is 0 Å². The number of halogens is 1. The average molecular weight is 188 g/mol. The van der Waals surface area contributed by atoms with Gasteiger partial charge in [-0.15, -0.1) is 11.3 Å². The van der Waals surface area contributed by atoms with Crippen molar-refractivity contribution < 1.29 is 9.90 Å². The number of hydrogen-bond acceptors (Lipinski definition) is 3. The minimum absolute atomic E-state index is 0.0169. The zero-order valence-corrected chi connectivity index (χ0v) is 6.74. The molecule has 3 nitrogen and oxygen atoms in total. The molecule has 0 aliphatic rings. The van der Waals surface area contributed by atoms with Crippen LogP contribution in [0.15, 0.2) is 5.38 Å². The van der Waals surface area contributed by atoms with E-state index in [1.54, 1.807) is 6.07 Å². The predicted octanol–water partition coefficient (Wildman–Crippen LogP) is 1.97. The molecule has 0 aromatic carbocycles. The molecular formula is C6H2ClNO2S. The molecule has 1 rings (SSSR count). The van der Waals surface area contributed by atoms with E-state index in [0.717, 1.165) is 11.3 Å². The first kappa shape index (κ1) is 8.05. The maximum atomic E-state index is 10.4. The molecule has 0 saturated heterocycles. The molecule has 0 atom stereocenters. The Hall–Kier alpha value is -1.05. The summed E-state index contributed by atoms with van der Waals surface area (Å²) in [5.74, 6) is -1.10. The fourth-order valence-electron chi connectivity index (χ4n) is 0.563. The van der Waals surface area contributed by atoms with Gasteiger partial charge in [-0.25, -0.2) is 4.79 Å². The fourth-order valence-corrected chi connectivity index (χ4v) is 1.66. The maximum absolute atomic E-state index is 10.4. The molecule has 11 heavy (non-hydrogen) atoms. The number of nitriles is 1. The lowest BCUT2D eigenvalue weighted by Gasteiger charge is -1.86. The summed E-state index contributed by atoms with van der Waals surface area (Å²) in [5, 5.41) is 18.3. The number of thiophene rings is 1. The van der Waals surface area contributed by atoms with Crippen molar-refractivity contribution in [1.82, 2.24) is 0 Å². The summed E-state index contributed by atoms with van der Waals surface area (Å²) in [6, 6.07) is 1.79. The number of carboxylic acid groups (broad SMARTS) is 1. The Labute approximate surface area is 71.5 Å². The Balaban J connectivity index is 3.24. The third kappa shape index (κ3) is 1.34. The summed E-state index contributed by atoms with van der Waals surface area (Å²) in [6.45, 7) is 0. The van der Waals surface area contributed by atoms with E-state index in [1.807, 2.05) is 0 Å². The van der Waals surface area contributed by atoms with Crippen LogP contribution in [0.3, 0.4) is 0 Å². The van der Waals surface area contributed by atoms with Crippen LogP contribution >= 0.6 is 22.9 Å².